The van der Waals surface area contributed by atoms with Crippen molar-refractivity contribution in [3.05, 3.63) is 36.5 Å². The number of methoxy groups -OCH3 is 1. The van der Waals surface area contributed by atoms with Gasteiger partial charge in [0.05, 0.1) is 18.8 Å². The van der Waals surface area contributed by atoms with Crippen molar-refractivity contribution in [1.82, 2.24) is 25.1 Å². The number of ether oxygens (including phenoxy) is 1. The molecule has 0 saturated heterocycles. The van der Waals surface area contributed by atoms with Gasteiger partial charge in [0.2, 0.25) is 0 Å². The summed E-state index contributed by atoms with van der Waals surface area (Å²) in [6.07, 6.45) is 4.65. The molecule has 8 nitrogen and oxygen atoms in total. The fraction of sp³-hybridized carbons (Fsp3) is 0.0833. The number of H-pyrrole nitrogens is 1. The van der Waals surface area contributed by atoms with Crippen molar-refractivity contribution in [3.8, 4) is 0 Å². The van der Waals surface area contributed by atoms with Crippen molar-refractivity contribution in [2.24, 2.45) is 0 Å². The van der Waals surface area contributed by atoms with Gasteiger partial charge in [-0.3, -0.25) is 5.10 Å². The molecule has 100 valence electrons. The summed E-state index contributed by atoms with van der Waals surface area (Å²) in [5.41, 5.74) is 1.03. The first-order valence-corrected chi connectivity index (χ1v) is 5.73. The molecule has 0 aromatic carbocycles. The van der Waals surface area contributed by atoms with Gasteiger partial charge >= 0.3 is 5.97 Å². The van der Waals surface area contributed by atoms with E-state index in [1.165, 1.54) is 19.5 Å². The number of pyridine rings is 1. The van der Waals surface area contributed by atoms with E-state index in [1.54, 1.807) is 18.5 Å². The summed E-state index contributed by atoms with van der Waals surface area (Å²) in [6.45, 7) is 0. The van der Waals surface area contributed by atoms with Crippen LogP contribution in [0.5, 0.6) is 0 Å². The third kappa shape index (κ3) is 2.26. The van der Waals surface area contributed by atoms with Gasteiger partial charge in [0.15, 0.2) is 5.69 Å². The number of anilines is 2. The van der Waals surface area contributed by atoms with E-state index in [4.69, 9.17) is 0 Å². The number of nitrogens with one attached hydrogen (secondary N) is 2. The fourth-order valence-corrected chi connectivity index (χ4v) is 1.68. The molecule has 0 aliphatic heterocycles. The molecule has 0 spiro atoms. The molecule has 0 aliphatic carbocycles. The number of aromatic nitrogens is 5. The van der Waals surface area contributed by atoms with Crippen LogP contribution in [-0.4, -0.2) is 38.2 Å². The summed E-state index contributed by atoms with van der Waals surface area (Å²) in [6, 6.07) is 3.28. The van der Waals surface area contributed by atoms with Crippen LogP contribution in [0.15, 0.2) is 30.9 Å². The van der Waals surface area contributed by atoms with Crippen LogP contribution in [0.1, 0.15) is 10.5 Å². The highest BCUT2D eigenvalue weighted by atomic mass is 16.5. The van der Waals surface area contributed by atoms with Gasteiger partial charge in [-0.15, -0.1) is 0 Å². The Morgan fingerprint density at radius 2 is 2.05 bits per heavy atom. The summed E-state index contributed by atoms with van der Waals surface area (Å²) in [7, 11) is 1.30. The predicted octanol–water partition coefficient (Wildman–Crippen LogP) is 1.28. The summed E-state index contributed by atoms with van der Waals surface area (Å²) >= 11 is 0. The molecule has 3 rings (SSSR count). The number of carbonyl (C=O) groups is 1. The molecule has 0 aliphatic rings. The van der Waals surface area contributed by atoms with E-state index in [-0.39, 0.29) is 5.69 Å². The Hall–Kier alpha value is -3.03. The zero-order chi connectivity index (χ0) is 13.9. The highest BCUT2D eigenvalue weighted by molar-refractivity contribution is 5.88. The van der Waals surface area contributed by atoms with E-state index in [0.29, 0.717) is 11.6 Å². The second-order valence-corrected chi connectivity index (χ2v) is 3.93. The van der Waals surface area contributed by atoms with Crippen LogP contribution in [0, 0.1) is 0 Å². The Labute approximate surface area is 113 Å². The van der Waals surface area contributed by atoms with Gasteiger partial charge in [-0.05, 0) is 0 Å². The van der Waals surface area contributed by atoms with Crippen molar-refractivity contribution in [3.63, 3.8) is 0 Å². The molecule has 20 heavy (non-hydrogen) atoms. The molecule has 2 N–H and O–H groups in total. The quantitative estimate of drug-likeness (QED) is 0.690. The van der Waals surface area contributed by atoms with Gasteiger partial charge in [-0.1, -0.05) is 0 Å². The number of hydrogen-bond acceptors (Lipinski definition) is 7. The van der Waals surface area contributed by atoms with Crippen molar-refractivity contribution in [1.29, 1.82) is 0 Å². The lowest BCUT2D eigenvalue weighted by molar-refractivity contribution is 0.0594. The fourth-order valence-electron chi connectivity index (χ4n) is 1.68. The first-order chi connectivity index (χ1) is 9.76. The summed E-state index contributed by atoms with van der Waals surface area (Å²) < 4.78 is 4.60. The summed E-state index contributed by atoms with van der Waals surface area (Å²) in [4.78, 5) is 23.5. The molecule has 0 amide bonds. The average molecular weight is 270 g/mol. The van der Waals surface area contributed by atoms with Crippen LogP contribution in [0.2, 0.25) is 0 Å². The highest BCUT2D eigenvalue weighted by Crippen LogP contribution is 2.17. The molecule has 0 unspecified atom stereocenters. The third-order valence-electron chi connectivity index (χ3n) is 2.64. The molecular weight excluding hydrogens is 260 g/mol. The van der Waals surface area contributed by atoms with Gasteiger partial charge in [0, 0.05) is 23.7 Å². The maximum atomic E-state index is 11.4. The Balaban J connectivity index is 1.88. The zero-order valence-electron chi connectivity index (χ0n) is 10.5. The van der Waals surface area contributed by atoms with E-state index < -0.39 is 5.97 Å². The number of rotatable bonds is 3. The second kappa shape index (κ2) is 4.92. The van der Waals surface area contributed by atoms with Gasteiger partial charge in [0.25, 0.3) is 0 Å². The number of carbonyl (C=O) groups excluding carboxylic acids is 1. The number of aromatic amines is 1. The first-order valence-electron chi connectivity index (χ1n) is 5.73. The number of nitrogens with zero attached hydrogens (tertiary/aromatic N) is 4. The molecule has 0 bridgehead atoms. The standard InChI is InChI=1S/C12H10N6O2/c1-20-12(19)9-3-11(15-6-14-9)17-10-2-8-7(4-13-10)5-16-18-8/h2-6H,1H3,(H,16,18)(H,13,14,15,17). The van der Waals surface area contributed by atoms with Crippen molar-refractivity contribution in [2.45, 2.75) is 0 Å². The average Bonchev–Trinajstić information content (AvgIpc) is 2.94. The van der Waals surface area contributed by atoms with Crippen molar-refractivity contribution in [2.75, 3.05) is 12.4 Å². The van der Waals surface area contributed by atoms with E-state index >= 15 is 0 Å². The molecule has 8 heteroatoms. The van der Waals surface area contributed by atoms with E-state index in [2.05, 4.69) is 35.2 Å². The van der Waals surface area contributed by atoms with Crippen LogP contribution in [0.25, 0.3) is 10.9 Å². The molecule has 3 heterocycles. The Morgan fingerprint density at radius 1 is 1.20 bits per heavy atom. The Morgan fingerprint density at radius 3 is 2.90 bits per heavy atom. The first kappa shape index (κ1) is 12.0. The van der Waals surface area contributed by atoms with Gasteiger partial charge in [-0.2, -0.15) is 5.10 Å². The van der Waals surface area contributed by atoms with Crippen LogP contribution in [-0.2, 0) is 4.74 Å². The number of hydrogen-bond donors (Lipinski definition) is 2. The molecule has 0 radical (unpaired) electrons. The predicted molar refractivity (Wildman–Crippen MR) is 70.5 cm³/mol. The van der Waals surface area contributed by atoms with E-state index in [9.17, 15) is 4.79 Å². The largest absolute Gasteiger partial charge is 0.464 e. The van der Waals surface area contributed by atoms with Crippen molar-refractivity contribution < 1.29 is 9.53 Å². The minimum Gasteiger partial charge on any atom is -0.464 e. The normalized spacial score (nSPS) is 10.4. The van der Waals surface area contributed by atoms with Crippen LogP contribution in [0.4, 0.5) is 11.6 Å². The molecular formula is C12H10N6O2. The maximum Gasteiger partial charge on any atom is 0.356 e. The zero-order valence-corrected chi connectivity index (χ0v) is 10.5. The molecule has 0 atom stereocenters. The maximum absolute atomic E-state index is 11.4. The van der Waals surface area contributed by atoms with Gasteiger partial charge in [-0.25, -0.2) is 19.7 Å². The van der Waals surface area contributed by atoms with E-state index in [0.717, 1.165) is 10.9 Å². The molecule has 0 saturated carbocycles. The minimum absolute atomic E-state index is 0.174. The lowest BCUT2D eigenvalue weighted by Crippen LogP contribution is -2.06. The second-order valence-electron chi connectivity index (χ2n) is 3.93. The summed E-state index contributed by atoms with van der Waals surface area (Å²) in [5.74, 6) is 0.510. The molecule has 3 aromatic rings. The molecule has 0 fully saturated rings. The summed E-state index contributed by atoms with van der Waals surface area (Å²) in [5, 5.41) is 10.7. The SMILES string of the molecule is COC(=O)c1cc(Nc2cc3[nH]ncc3cn2)ncn1. The smallest absolute Gasteiger partial charge is 0.356 e. The van der Waals surface area contributed by atoms with E-state index in [1.807, 2.05) is 0 Å². The van der Waals surface area contributed by atoms with Gasteiger partial charge in [0.1, 0.15) is 18.0 Å². The van der Waals surface area contributed by atoms with Gasteiger partial charge < -0.3 is 10.1 Å². The monoisotopic (exact) mass is 270 g/mol. The van der Waals surface area contributed by atoms with Crippen LogP contribution >= 0.6 is 0 Å². The minimum atomic E-state index is -0.521. The Kier molecular flexibility index (Phi) is 2.96. The molecule has 3 aromatic heterocycles. The van der Waals surface area contributed by atoms with Crippen LogP contribution < -0.4 is 5.32 Å². The van der Waals surface area contributed by atoms with Crippen LogP contribution in [0.3, 0.4) is 0 Å². The number of esters is 1. The van der Waals surface area contributed by atoms with Crippen molar-refractivity contribution >= 4 is 28.5 Å². The third-order valence-corrected chi connectivity index (χ3v) is 2.64. The lowest BCUT2D eigenvalue weighted by atomic mass is 10.3. The lowest BCUT2D eigenvalue weighted by Gasteiger charge is -2.05. The Bertz CT molecular complexity index is 769. The topological polar surface area (TPSA) is 106 Å². The highest BCUT2D eigenvalue weighted by Gasteiger charge is 2.09. The number of fused-ring (bicyclic) bond motifs is 1.